The van der Waals surface area contributed by atoms with Crippen molar-refractivity contribution in [3.63, 3.8) is 0 Å². The molecule has 0 aliphatic carbocycles. The van der Waals surface area contributed by atoms with Crippen LogP contribution < -0.4 is 5.73 Å². The summed E-state index contributed by atoms with van der Waals surface area (Å²) in [5, 5.41) is 0. The van der Waals surface area contributed by atoms with Gasteiger partial charge in [0.15, 0.2) is 0 Å². The minimum absolute atomic E-state index is 0.0475. The fraction of sp³-hybridized carbons (Fsp3) is 0.556. The molecule has 1 aliphatic rings. The van der Waals surface area contributed by atoms with Crippen LogP contribution in [0, 0.1) is 0 Å². The molecule has 0 unspecified atom stereocenters. The molecular formula is C18H27N3O2. The second kappa shape index (κ2) is 7.59. The Morgan fingerprint density at radius 3 is 2.17 bits per heavy atom. The lowest BCUT2D eigenvalue weighted by Crippen LogP contribution is -2.57. The quantitative estimate of drug-likeness (QED) is 0.893. The molecule has 2 N–H and O–H groups in total. The van der Waals surface area contributed by atoms with Crippen molar-refractivity contribution in [3.05, 3.63) is 35.9 Å². The third-order valence-electron chi connectivity index (χ3n) is 4.17. The van der Waals surface area contributed by atoms with Gasteiger partial charge in [-0.1, -0.05) is 30.3 Å². The average Bonchev–Trinajstić information content (AvgIpc) is 2.54. The zero-order valence-electron chi connectivity index (χ0n) is 14.1. The Labute approximate surface area is 138 Å². The number of carbonyl (C=O) groups excluding carboxylic acids is 2. The topological polar surface area (TPSA) is 66.6 Å². The van der Waals surface area contributed by atoms with Crippen LogP contribution >= 0.6 is 0 Å². The summed E-state index contributed by atoms with van der Waals surface area (Å²) in [4.78, 5) is 28.0. The third-order valence-corrected chi connectivity index (χ3v) is 4.17. The number of aryl methyl sites for hydroxylation is 1. The van der Waals surface area contributed by atoms with E-state index in [1.165, 1.54) is 5.56 Å². The lowest BCUT2D eigenvalue weighted by molar-refractivity contribution is -0.142. The summed E-state index contributed by atoms with van der Waals surface area (Å²) in [5.74, 6) is 0.133. The predicted molar refractivity (Wildman–Crippen MR) is 90.8 cm³/mol. The Balaban J connectivity index is 1.72. The largest absolute Gasteiger partial charge is 0.339 e. The van der Waals surface area contributed by atoms with E-state index in [9.17, 15) is 9.59 Å². The molecular weight excluding hydrogens is 290 g/mol. The molecule has 0 spiro atoms. The third kappa shape index (κ3) is 5.06. The van der Waals surface area contributed by atoms with Gasteiger partial charge in [-0.3, -0.25) is 9.59 Å². The Morgan fingerprint density at radius 2 is 1.61 bits per heavy atom. The van der Waals surface area contributed by atoms with Gasteiger partial charge in [0.05, 0.1) is 5.54 Å². The highest BCUT2D eigenvalue weighted by atomic mass is 16.2. The Morgan fingerprint density at radius 1 is 1.04 bits per heavy atom. The summed E-state index contributed by atoms with van der Waals surface area (Å²) < 4.78 is 0. The van der Waals surface area contributed by atoms with Gasteiger partial charge in [0.25, 0.3) is 0 Å². The van der Waals surface area contributed by atoms with E-state index in [0.717, 1.165) is 12.8 Å². The van der Waals surface area contributed by atoms with Crippen LogP contribution in [-0.2, 0) is 16.0 Å². The van der Waals surface area contributed by atoms with Crippen molar-refractivity contribution in [1.82, 2.24) is 9.80 Å². The zero-order valence-corrected chi connectivity index (χ0v) is 14.1. The highest BCUT2D eigenvalue weighted by molar-refractivity contribution is 5.85. The minimum Gasteiger partial charge on any atom is -0.339 e. The maximum Gasteiger partial charge on any atom is 0.242 e. The molecule has 0 bridgehead atoms. The summed E-state index contributed by atoms with van der Waals surface area (Å²) in [6.45, 7) is 5.79. The molecule has 1 aromatic rings. The molecule has 126 valence electrons. The molecule has 0 aromatic heterocycles. The van der Waals surface area contributed by atoms with E-state index in [1.54, 1.807) is 18.7 Å². The van der Waals surface area contributed by atoms with Crippen LogP contribution in [-0.4, -0.2) is 53.3 Å². The lowest BCUT2D eigenvalue weighted by atomic mass is 10.0. The predicted octanol–water partition coefficient (Wildman–Crippen LogP) is 1.42. The Bertz CT molecular complexity index is 529. The molecule has 1 aromatic carbocycles. The number of amides is 2. The Kier molecular flexibility index (Phi) is 5.77. The maximum atomic E-state index is 12.3. The van der Waals surface area contributed by atoms with Crippen LogP contribution in [0.25, 0.3) is 0 Å². The van der Waals surface area contributed by atoms with Gasteiger partial charge in [0.2, 0.25) is 11.8 Å². The second-order valence-corrected chi connectivity index (χ2v) is 6.73. The summed E-state index contributed by atoms with van der Waals surface area (Å²) in [5.41, 5.74) is 6.27. The van der Waals surface area contributed by atoms with E-state index < -0.39 is 5.54 Å². The lowest BCUT2D eigenvalue weighted by Gasteiger charge is -2.37. The fourth-order valence-corrected chi connectivity index (χ4v) is 2.81. The van der Waals surface area contributed by atoms with Crippen molar-refractivity contribution < 1.29 is 9.59 Å². The highest BCUT2D eigenvalue weighted by Crippen LogP contribution is 2.11. The van der Waals surface area contributed by atoms with Crippen LogP contribution in [0.1, 0.15) is 32.3 Å². The van der Waals surface area contributed by atoms with Gasteiger partial charge in [-0.2, -0.15) is 0 Å². The molecule has 1 aliphatic heterocycles. The number of hydrogen-bond acceptors (Lipinski definition) is 3. The number of benzene rings is 1. The molecule has 1 fully saturated rings. The van der Waals surface area contributed by atoms with E-state index in [0.29, 0.717) is 32.6 Å². The van der Waals surface area contributed by atoms with Crippen LogP contribution in [0.5, 0.6) is 0 Å². The number of carbonyl (C=O) groups is 2. The first-order valence-electron chi connectivity index (χ1n) is 8.28. The fourth-order valence-electron chi connectivity index (χ4n) is 2.81. The normalized spacial score (nSPS) is 15.6. The van der Waals surface area contributed by atoms with Gasteiger partial charge >= 0.3 is 0 Å². The van der Waals surface area contributed by atoms with Gasteiger partial charge in [-0.25, -0.2) is 0 Å². The number of rotatable bonds is 5. The van der Waals surface area contributed by atoms with Gasteiger partial charge in [0, 0.05) is 32.6 Å². The molecule has 2 rings (SSSR count). The van der Waals surface area contributed by atoms with Crippen molar-refractivity contribution in [2.75, 3.05) is 26.2 Å². The first-order chi connectivity index (χ1) is 10.9. The van der Waals surface area contributed by atoms with Crippen LogP contribution in [0.3, 0.4) is 0 Å². The van der Waals surface area contributed by atoms with Crippen molar-refractivity contribution in [3.8, 4) is 0 Å². The smallest absolute Gasteiger partial charge is 0.242 e. The average molecular weight is 317 g/mol. The number of piperazine rings is 1. The van der Waals surface area contributed by atoms with Gasteiger partial charge < -0.3 is 15.5 Å². The van der Waals surface area contributed by atoms with Crippen LogP contribution in [0.2, 0.25) is 0 Å². The molecule has 5 heteroatoms. The van der Waals surface area contributed by atoms with Crippen molar-refractivity contribution in [2.45, 2.75) is 38.6 Å². The molecule has 1 saturated heterocycles. The summed E-state index contributed by atoms with van der Waals surface area (Å²) in [7, 11) is 0. The van der Waals surface area contributed by atoms with E-state index in [1.807, 2.05) is 23.1 Å². The molecule has 23 heavy (non-hydrogen) atoms. The first kappa shape index (κ1) is 17.5. The van der Waals surface area contributed by atoms with Crippen molar-refractivity contribution >= 4 is 11.8 Å². The van der Waals surface area contributed by atoms with Crippen molar-refractivity contribution in [1.29, 1.82) is 0 Å². The molecule has 0 saturated carbocycles. The summed E-state index contributed by atoms with van der Waals surface area (Å²) >= 11 is 0. The maximum absolute atomic E-state index is 12.3. The van der Waals surface area contributed by atoms with Crippen LogP contribution in [0.4, 0.5) is 0 Å². The molecule has 0 atom stereocenters. The van der Waals surface area contributed by atoms with E-state index in [-0.39, 0.29) is 11.8 Å². The van der Waals surface area contributed by atoms with Crippen LogP contribution in [0.15, 0.2) is 30.3 Å². The number of hydrogen-bond donors (Lipinski definition) is 1. The number of nitrogens with two attached hydrogens (primary N) is 1. The molecule has 1 heterocycles. The van der Waals surface area contributed by atoms with Gasteiger partial charge in [-0.15, -0.1) is 0 Å². The molecule has 2 amide bonds. The van der Waals surface area contributed by atoms with E-state index >= 15 is 0 Å². The first-order valence-corrected chi connectivity index (χ1v) is 8.28. The minimum atomic E-state index is -0.845. The van der Waals surface area contributed by atoms with Gasteiger partial charge in [0.1, 0.15) is 0 Å². The SMILES string of the molecule is CC(C)(N)C(=O)N1CCN(C(=O)CCCc2ccccc2)CC1. The van der Waals surface area contributed by atoms with E-state index in [4.69, 9.17) is 5.73 Å². The second-order valence-electron chi connectivity index (χ2n) is 6.73. The standard InChI is InChI=1S/C18H27N3O2/c1-18(2,19)17(23)21-13-11-20(12-14-21)16(22)10-6-9-15-7-4-3-5-8-15/h3-5,7-8H,6,9-14,19H2,1-2H3. The highest BCUT2D eigenvalue weighted by Gasteiger charge is 2.31. The van der Waals surface area contributed by atoms with E-state index in [2.05, 4.69) is 12.1 Å². The molecule has 0 radical (unpaired) electrons. The monoisotopic (exact) mass is 317 g/mol. The zero-order chi connectivity index (χ0) is 16.9. The Hall–Kier alpha value is -1.88. The summed E-state index contributed by atoms with van der Waals surface area (Å²) in [6.07, 6.45) is 2.34. The number of nitrogens with zero attached hydrogens (tertiary/aromatic N) is 2. The van der Waals surface area contributed by atoms with Crippen molar-refractivity contribution in [2.24, 2.45) is 5.73 Å². The molecule has 5 nitrogen and oxygen atoms in total. The summed E-state index contributed by atoms with van der Waals surface area (Å²) in [6, 6.07) is 10.2. The van der Waals surface area contributed by atoms with Gasteiger partial charge in [-0.05, 0) is 32.3 Å².